The quantitative estimate of drug-likeness (QED) is 0.649. The summed E-state index contributed by atoms with van der Waals surface area (Å²) in [4.78, 5) is 2.46. The molecule has 0 radical (unpaired) electrons. The van der Waals surface area contributed by atoms with Gasteiger partial charge in [-0.2, -0.15) is 5.26 Å². The first kappa shape index (κ1) is 10.5. The van der Waals surface area contributed by atoms with Gasteiger partial charge in [0.15, 0.2) is 0 Å². The maximum atomic E-state index is 8.64. The summed E-state index contributed by atoms with van der Waals surface area (Å²) in [7, 11) is 0. The van der Waals surface area contributed by atoms with Gasteiger partial charge in [-0.3, -0.25) is 4.90 Å². The Morgan fingerprint density at radius 1 is 1.38 bits per heavy atom. The van der Waals surface area contributed by atoms with E-state index in [-0.39, 0.29) is 0 Å². The minimum absolute atomic E-state index is 0.422. The lowest BCUT2D eigenvalue weighted by Crippen LogP contribution is -2.39. The third-order valence-corrected chi connectivity index (χ3v) is 2.78. The standard InChI is InChI=1S/C11H20N2/c1-9(2)13(8-11-4-5-11)10(3)6-7-12/h9-11H,4-6,8H2,1-3H3. The summed E-state index contributed by atoms with van der Waals surface area (Å²) in [5.41, 5.74) is 0. The fourth-order valence-electron chi connectivity index (χ4n) is 1.75. The molecule has 2 heteroatoms. The van der Waals surface area contributed by atoms with Gasteiger partial charge in [0.25, 0.3) is 0 Å². The van der Waals surface area contributed by atoms with Crippen molar-refractivity contribution in [1.29, 1.82) is 5.26 Å². The van der Waals surface area contributed by atoms with E-state index in [4.69, 9.17) is 5.26 Å². The van der Waals surface area contributed by atoms with E-state index in [1.807, 2.05) is 0 Å². The summed E-state index contributed by atoms with van der Waals surface area (Å²) in [5.74, 6) is 0.920. The van der Waals surface area contributed by atoms with Crippen LogP contribution in [0.25, 0.3) is 0 Å². The summed E-state index contributed by atoms with van der Waals surface area (Å²) in [6, 6.07) is 3.25. The highest BCUT2D eigenvalue weighted by Crippen LogP contribution is 2.31. The third kappa shape index (κ3) is 3.36. The lowest BCUT2D eigenvalue weighted by atomic mass is 10.1. The van der Waals surface area contributed by atoms with Gasteiger partial charge in [-0.1, -0.05) is 0 Å². The molecule has 0 spiro atoms. The van der Waals surface area contributed by atoms with Crippen molar-refractivity contribution in [3.8, 4) is 6.07 Å². The molecule has 0 saturated heterocycles. The third-order valence-electron chi connectivity index (χ3n) is 2.78. The minimum Gasteiger partial charge on any atom is -0.297 e. The van der Waals surface area contributed by atoms with Crippen LogP contribution in [-0.2, 0) is 0 Å². The molecule has 13 heavy (non-hydrogen) atoms. The van der Waals surface area contributed by atoms with Gasteiger partial charge in [0.05, 0.1) is 12.5 Å². The molecule has 1 saturated carbocycles. The average molecular weight is 180 g/mol. The first-order valence-electron chi connectivity index (χ1n) is 5.27. The van der Waals surface area contributed by atoms with Gasteiger partial charge in [0, 0.05) is 18.6 Å². The largest absolute Gasteiger partial charge is 0.297 e. The zero-order chi connectivity index (χ0) is 9.84. The van der Waals surface area contributed by atoms with E-state index < -0.39 is 0 Å². The topological polar surface area (TPSA) is 27.0 Å². The second-order valence-corrected chi connectivity index (χ2v) is 4.45. The zero-order valence-corrected chi connectivity index (χ0v) is 8.95. The predicted octanol–water partition coefficient (Wildman–Crippen LogP) is 2.41. The van der Waals surface area contributed by atoms with Crippen LogP contribution >= 0.6 is 0 Å². The molecule has 1 rings (SSSR count). The maximum Gasteiger partial charge on any atom is 0.0638 e. The molecule has 74 valence electrons. The van der Waals surface area contributed by atoms with E-state index in [1.165, 1.54) is 19.4 Å². The molecule has 1 unspecified atom stereocenters. The van der Waals surface area contributed by atoms with Crippen LogP contribution < -0.4 is 0 Å². The van der Waals surface area contributed by atoms with Crippen LogP contribution in [0.1, 0.15) is 40.0 Å². The van der Waals surface area contributed by atoms with E-state index in [0.717, 1.165) is 5.92 Å². The smallest absolute Gasteiger partial charge is 0.0638 e. The van der Waals surface area contributed by atoms with Crippen LogP contribution in [0.15, 0.2) is 0 Å². The van der Waals surface area contributed by atoms with Gasteiger partial charge in [-0.25, -0.2) is 0 Å². The van der Waals surface area contributed by atoms with Crippen molar-refractivity contribution in [2.24, 2.45) is 5.92 Å². The van der Waals surface area contributed by atoms with Crippen molar-refractivity contribution in [3.63, 3.8) is 0 Å². The zero-order valence-electron chi connectivity index (χ0n) is 8.95. The molecule has 0 heterocycles. The highest BCUT2D eigenvalue weighted by molar-refractivity contribution is 4.85. The van der Waals surface area contributed by atoms with E-state index >= 15 is 0 Å². The van der Waals surface area contributed by atoms with Crippen molar-refractivity contribution in [2.45, 2.75) is 52.1 Å². The van der Waals surface area contributed by atoms with Crippen molar-refractivity contribution in [1.82, 2.24) is 4.90 Å². The van der Waals surface area contributed by atoms with E-state index in [9.17, 15) is 0 Å². The molecule has 1 aliphatic carbocycles. The average Bonchev–Trinajstić information content (AvgIpc) is 2.83. The lowest BCUT2D eigenvalue weighted by Gasteiger charge is -2.31. The maximum absolute atomic E-state index is 8.64. The van der Waals surface area contributed by atoms with E-state index in [2.05, 4.69) is 31.7 Å². The molecule has 1 fully saturated rings. The number of rotatable bonds is 5. The number of hydrogen-bond donors (Lipinski definition) is 0. The molecule has 0 aromatic carbocycles. The molecule has 0 N–H and O–H groups in total. The molecule has 0 aromatic rings. The summed E-state index contributed by atoms with van der Waals surface area (Å²) in [5, 5.41) is 8.64. The van der Waals surface area contributed by atoms with Crippen LogP contribution in [0.3, 0.4) is 0 Å². The Bertz CT molecular complexity index is 189. The summed E-state index contributed by atoms with van der Waals surface area (Å²) >= 11 is 0. The van der Waals surface area contributed by atoms with E-state index in [1.54, 1.807) is 0 Å². The number of hydrogen-bond acceptors (Lipinski definition) is 2. The van der Waals surface area contributed by atoms with Gasteiger partial charge in [-0.15, -0.1) is 0 Å². The van der Waals surface area contributed by atoms with Gasteiger partial charge < -0.3 is 0 Å². The monoisotopic (exact) mass is 180 g/mol. The first-order chi connectivity index (χ1) is 6.15. The summed E-state index contributed by atoms with van der Waals surface area (Å²) in [6.07, 6.45) is 3.44. The second kappa shape index (κ2) is 4.62. The van der Waals surface area contributed by atoms with Gasteiger partial charge in [0.1, 0.15) is 0 Å². The van der Waals surface area contributed by atoms with Crippen molar-refractivity contribution >= 4 is 0 Å². The minimum atomic E-state index is 0.422. The summed E-state index contributed by atoms with van der Waals surface area (Å²) < 4.78 is 0. The molecule has 0 aromatic heterocycles. The van der Waals surface area contributed by atoms with Gasteiger partial charge >= 0.3 is 0 Å². The van der Waals surface area contributed by atoms with E-state index in [0.29, 0.717) is 18.5 Å². The number of nitriles is 1. The Labute approximate surface area is 81.5 Å². The Morgan fingerprint density at radius 2 is 2.00 bits per heavy atom. The van der Waals surface area contributed by atoms with Crippen molar-refractivity contribution in [3.05, 3.63) is 0 Å². The Hall–Kier alpha value is -0.550. The molecule has 1 atom stereocenters. The molecule has 0 amide bonds. The number of nitrogens with zero attached hydrogens (tertiary/aromatic N) is 2. The van der Waals surface area contributed by atoms with Crippen LogP contribution in [0.5, 0.6) is 0 Å². The van der Waals surface area contributed by atoms with Gasteiger partial charge in [-0.05, 0) is 39.5 Å². The normalized spacial score (nSPS) is 19.1. The van der Waals surface area contributed by atoms with Crippen molar-refractivity contribution in [2.75, 3.05) is 6.54 Å². The highest BCUT2D eigenvalue weighted by Gasteiger charge is 2.27. The molecule has 1 aliphatic rings. The van der Waals surface area contributed by atoms with Gasteiger partial charge in [0.2, 0.25) is 0 Å². The predicted molar refractivity (Wildman–Crippen MR) is 54.3 cm³/mol. The van der Waals surface area contributed by atoms with Crippen LogP contribution in [0.2, 0.25) is 0 Å². The Balaban J connectivity index is 2.40. The Morgan fingerprint density at radius 3 is 2.38 bits per heavy atom. The molecule has 2 nitrogen and oxygen atoms in total. The fraction of sp³-hybridized carbons (Fsp3) is 0.909. The molecular weight excluding hydrogens is 160 g/mol. The molecule has 0 aliphatic heterocycles. The second-order valence-electron chi connectivity index (χ2n) is 4.45. The van der Waals surface area contributed by atoms with Crippen LogP contribution in [-0.4, -0.2) is 23.5 Å². The van der Waals surface area contributed by atoms with Crippen molar-refractivity contribution < 1.29 is 0 Å². The molecular formula is C11H20N2. The van der Waals surface area contributed by atoms with Crippen LogP contribution in [0.4, 0.5) is 0 Å². The Kier molecular flexibility index (Phi) is 3.74. The SMILES string of the molecule is CC(C)N(CC1CC1)C(C)CC#N. The lowest BCUT2D eigenvalue weighted by molar-refractivity contribution is 0.158. The summed E-state index contributed by atoms with van der Waals surface area (Å²) in [6.45, 7) is 7.79. The fourth-order valence-corrected chi connectivity index (χ4v) is 1.75. The first-order valence-corrected chi connectivity index (χ1v) is 5.27. The molecule has 0 bridgehead atoms. The highest BCUT2D eigenvalue weighted by atomic mass is 15.2. The van der Waals surface area contributed by atoms with Crippen LogP contribution in [0, 0.1) is 17.2 Å².